The maximum atomic E-state index is 11.4. The van der Waals surface area contributed by atoms with Crippen molar-refractivity contribution in [1.82, 2.24) is 9.55 Å². The molecule has 1 aromatic carbocycles. The fraction of sp³-hybridized carbons (Fsp3) is 0.444. The standard InChI is InChI=1S/C18H22N2O/c1-14(21)15-7-9-17(10-8-15)18(20-12-11-19-13-20)16-5-3-2-4-6-16/h7-13,16,18H,2-6H2,1H3. The Hall–Kier alpha value is -1.90. The van der Waals surface area contributed by atoms with Gasteiger partial charge < -0.3 is 4.57 Å². The number of aromatic nitrogens is 2. The first-order valence-corrected chi connectivity index (χ1v) is 7.84. The maximum Gasteiger partial charge on any atom is 0.159 e. The third-order valence-electron chi connectivity index (χ3n) is 4.60. The van der Waals surface area contributed by atoms with Gasteiger partial charge in [-0.1, -0.05) is 43.5 Å². The number of hydrogen-bond acceptors (Lipinski definition) is 2. The van der Waals surface area contributed by atoms with Crippen LogP contribution in [0, 0.1) is 5.92 Å². The van der Waals surface area contributed by atoms with Crippen LogP contribution in [0.3, 0.4) is 0 Å². The fourth-order valence-corrected chi connectivity index (χ4v) is 3.49. The van der Waals surface area contributed by atoms with E-state index in [0.717, 1.165) is 5.56 Å². The molecule has 0 amide bonds. The van der Waals surface area contributed by atoms with Crippen LogP contribution in [-0.2, 0) is 0 Å². The average molecular weight is 282 g/mol. The number of Topliss-reactive ketones (excluding diaryl/α,β-unsaturated/α-hetero) is 1. The van der Waals surface area contributed by atoms with Crippen molar-refractivity contribution < 1.29 is 4.79 Å². The highest BCUT2D eigenvalue weighted by atomic mass is 16.1. The van der Waals surface area contributed by atoms with E-state index in [9.17, 15) is 4.79 Å². The first-order valence-electron chi connectivity index (χ1n) is 7.84. The van der Waals surface area contributed by atoms with Gasteiger partial charge in [0.2, 0.25) is 0 Å². The molecule has 0 radical (unpaired) electrons. The van der Waals surface area contributed by atoms with Gasteiger partial charge in [0.25, 0.3) is 0 Å². The summed E-state index contributed by atoms with van der Waals surface area (Å²) in [6.07, 6.45) is 12.4. The Morgan fingerprint density at radius 3 is 2.48 bits per heavy atom. The van der Waals surface area contributed by atoms with E-state index < -0.39 is 0 Å². The molecular weight excluding hydrogens is 260 g/mol. The van der Waals surface area contributed by atoms with Crippen LogP contribution in [0.5, 0.6) is 0 Å². The van der Waals surface area contributed by atoms with Crippen molar-refractivity contribution in [3.8, 4) is 0 Å². The van der Waals surface area contributed by atoms with Gasteiger partial charge in [-0.3, -0.25) is 4.79 Å². The van der Waals surface area contributed by atoms with Gasteiger partial charge in [-0.2, -0.15) is 0 Å². The molecule has 1 aliphatic carbocycles. The zero-order valence-corrected chi connectivity index (χ0v) is 12.5. The molecule has 1 saturated carbocycles. The fourth-order valence-electron chi connectivity index (χ4n) is 3.49. The molecule has 3 nitrogen and oxygen atoms in total. The van der Waals surface area contributed by atoms with Crippen LogP contribution in [-0.4, -0.2) is 15.3 Å². The van der Waals surface area contributed by atoms with Crippen molar-refractivity contribution in [2.45, 2.75) is 45.1 Å². The van der Waals surface area contributed by atoms with Crippen molar-refractivity contribution in [3.05, 3.63) is 54.1 Å². The van der Waals surface area contributed by atoms with Crippen molar-refractivity contribution in [1.29, 1.82) is 0 Å². The van der Waals surface area contributed by atoms with Gasteiger partial charge in [0.15, 0.2) is 5.78 Å². The molecule has 0 saturated heterocycles. The van der Waals surface area contributed by atoms with Crippen LogP contribution in [0.2, 0.25) is 0 Å². The lowest BCUT2D eigenvalue weighted by Crippen LogP contribution is -2.22. The molecule has 0 N–H and O–H groups in total. The van der Waals surface area contributed by atoms with Gasteiger partial charge in [0.1, 0.15) is 0 Å². The average Bonchev–Trinajstić information content (AvgIpc) is 3.03. The molecule has 21 heavy (non-hydrogen) atoms. The lowest BCUT2D eigenvalue weighted by atomic mass is 9.81. The van der Waals surface area contributed by atoms with Crippen LogP contribution >= 0.6 is 0 Å². The maximum absolute atomic E-state index is 11.4. The number of nitrogens with zero attached hydrogens (tertiary/aromatic N) is 2. The molecule has 1 aromatic heterocycles. The smallest absolute Gasteiger partial charge is 0.159 e. The summed E-state index contributed by atoms with van der Waals surface area (Å²) in [5, 5.41) is 0. The number of ketones is 1. The molecule has 1 unspecified atom stereocenters. The molecule has 1 aliphatic rings. The van der Waals surface area contributed by atoms with Crippen molar-refractivity contribution >= 4 is 5.78 Å². The van der Waals surface area contributed by atoms with Gasteiger partial charge in [0, 0.05) is 18.0 Å². The molecule has 0 aliphatic heterocycles. The Morgan fingerprint density at radius 2 is 1.90 bits per heavy atom. The van der Waals surface area contributed by atoms with Crippen LogP contribution < -0.4 is 0 Å². The first kappa shape index (κ1) is 14.1. The number of benzene rings is 1. The Labute approximate surface area is 126 Å². The predicted octanol–water partition coefficient (Wildman–Crippen LogP) is 4.26. The van der Waals surface area contributed by atoms with Crippen LogP contribution in [0.1, 0.15) is 61.0 Å². The largest absolute Gasteiger partial charge is 0.330 e. The highest BCUT2D eigenvalue weighted by Gasteiger charge is 2.26. The Balaban J connectivity index is 1.92. The van der Waals surface area contributed by atoms with E-state index in [1.165, 1.54) is 37.7 Å². The Kier molecular flexibility index (Phi) is 4.18. The summed E-state index contributed by atoms with van der Waals surface area (Å²) in [6, 6.07) is 8.45. The Bertz CT molecular complexity index is 580. The predicted molar refractivity (Wildman–Crippen MR) is 83.4 cm³/mol. The quantitative estimate of drug-likeness (QED) is 0.785. The molecule has 3 heteroatoms. The molecule has 1 heterocycles. The molecule has 2 aromatic rings. The molecule has 110 valence electrons. The van der Waals surface area contributed by atoms with Crippen molar-refractivity contribution in [2.75, 3.05) is 0 Å². The summed E-state index contributed by atoms with van der Waals surface area (Å²) in [6.45, 7) is 1.61. The SMILES string of the molecule is CC(=O)c1ccc(C(C2CCCCC2)n2ccnc2)cc1. The zero-order valence-electron chi connectivity index (χ0n) is 12.5. The number of hydrogen-bond donors (Lipinski definition) is 0. The highest BCUT2D eigenvalue weighted by Crippen LogP contribution is 2.37. The molecule has 0 bridgehead atoms. The van der Waals surface area contributed by atoms with E-state index in [1.54, 1.807) is 6.92 Å². The van der Waals surface area contributed by atoms with Crippen LogP contribution in [0.25, 0.3) is 0 Å². The topological polar surface area (TPSA) is 34.9 Å². The van der Waals surface area contributed by atoms with Gasteiger partial charge in [-0.05, 0) is 31.2 Å². The van der Waals surface area contributed by atoms with Crippen molar-refractivity contribution in [3.63, 3.8) is 0 Å². The van der Waals surface area contributed by atoms with Gasteiger partial charge >= 0.3 is 0 Å². The van der Waals surface area contributed by atoms with Crippen molar-refractivity contribution in [2.24, 2.45) is 5.92 Å². The van der Waals surface area contributed by atoms with Gasteiger partial charge in [-0.15, -0.1) is 0 Å². The minimum absolute atomic E-state index is 0.124. The normalized spacial score (nSPS) is 17.6. The molecule has 3 rings (SSSR count). The number of carbonyl (C=O) groups is 1. The zero-order chi connectivity index (χ0) is 14.7. The van der Waals surface area contributed by atoms with E-state index in [1.807, 2.05) is 24.7 Å². The molecule has 0 spiro atoms. The number of carbonyl (C=O) groups excluding carboxylic acids is 1. The second-order valence-electron chi connectivity index (χ2n) is 6.03. The third kappa shape index (κ3) is 3.07. The van der Waals surface area contributed by atoms with E-state index in [-0.39, 0.29) is 5.78 Å². The Morgan fingerprint density at radius 1 is 1.19 bits per heavy atom. The lowest BCUT2D eigenvalue weighted by Gasteiger charge is -2.31. The molecule has 1 atom stereocenters. The van der Waals surface area contributed by atoms with Crippen LogP contribution in [0.4, 0.5) is 0 Å². The third-order valence-corrected chi connectivity index (χ3v) is 4.60. The van der Waals surface area contributed by atoms with E-state index in [2.05, 4.69) is 27.9 Å². The highest BCUT2D eigenvalue weighted by molar-refractivity contribution is 5.94. The minimum atomic E-state index is 0.124. The molecular formula is C18H22N2O. The van der Waals surface area contributed by atoms with Gasteiger partial charge in [-0.25, -0.2) is 4.98 Å². The summed E-state index contributed by atoms with van der Waals surface area (Å²) in [5.41, 5.74) is 2.07. The second kappa shape index (κ2) is 6.25. The minimum Gasteiger partial charge on any atom is -0.330 e. The second-order valence-corrected chi connectivity index (χ2v) is 6.03. The van der Waals surface area contributed by atoms with E-state index >= 15 is 0 Å². The van der Waals surface area contributed by atoms with Gasteiger partial charge in [0.05, 0.1) is 12.4 Å². The van der Waals surface area contributed by atoms with E-state index in [4.69, 9.17) is 0 Å². The van der Waals surface area contributed by atoms with E-state index in [0.29, 0.717) is 12.0 Å². The lowest BCUT2D eigenvalue weighted by molar-refractivity contribution is 0.101. The summed E-state index contributed by atoms with van der Waals surface area (Å²) in [7, 11) is 0. The number of imidazole rings is 1. The summed E-state index contributed by atoms with van der Waals surface area (Å²) in [4.78, 5) is 15.7. The summed E-state index contributed by atoms with van der Waals surface area (Å²) < 4.78 is 2.22. The monoisotopic (exact) mass is 282 g/mol. The number of rotatable bonds is 4. The molecule has 1 fully saturated rings. The summed E-state index contributed by atoms with van der Waals surface area (Å²) in [5.74, 6) is 0.787. The first-order chi connectivity index (χ1) is 10.3. The summed E-state index contributed by atoms with van der Waals surface area (Å²) >= 11 is 0. The van der Waals surface area contributed by atoms with Crippen LogP contribution in [0.15, 0.2) is 43.0 Å².